The third-order valence-corrected chi connectivity index (χ3v) is 5.61. The molecule has 1 fully saturated rings. The fourth-order valence-electron chi connectivity index (χ4n) is 2.99. The molecule has 0 amide bonds. The minimum absolute atomic E-state index is 0.0854. The molecule has 2 heterocycles. The Labute approximate surface area is 177 Å². The molecule has 4 atom stereocenters. The summed E-state index contributed by atoms with van der Waals surface area (Å²) in [7, 11) is 0. The van der Waals surface area contributed by atoms with Crippen molar-refractivity contribution in [1.82, 2.24) is 9.55 Å². The highest BCUT2D eigenvalue weighted by Crippen LogP contribution is 2.40. The van der Waals surface area contributed by atoms with Crippen LogP contribution in [0.1, 0.15) is 20.1 Å². The van der Waals surface area contributed by atoms with E-state index >= 15 is 0 Å². The van der Waals surface area contributed by atoms with E-state index in [-0.39, 0.29) is 5.28 Å². The van der Waals surface area contributed by atoms with E-state index in [1.54, 1.807) is 12.1 Å². The quantitative estimate of drug-likeness (QED) is 0.464. The number of carbonyl (C=O) groups is 2. The molecule has 27 heavy (non-hydrogen) atoms. The first kappa shape index (κ1) is 20.7. The van der Waals surface area contributed by atoms with Crippen molar-refractivity contribution in [3.8, 4) is 0 Å². The Morgan fingerprint density at radius 3 is 2.33 bits per heavy atom. The molecular weight excluding hydrogens is 486 g/mol. The zero-order valence-electron chi connectivity index (χ0n) is 14.1. The number of carbonyl (C=O) groups excluding carboxylic acids is 2. The molecule has 4 unspecified atom stereocenters. The highest BCUT2D eigenvalue weighted by molar-refractivity contribution is 9.09. The maximum absolute atomic E-state index is 11.7. The third-order valence-electron chi connectivity index (χ3n) is 3.98. The predicted molar refractivity (Wildman–Crippen MR) is 104 cm³/mol. The maximum atomic E-state index is 11.7. The van der Waals surface area contributed by atoms with E-state index in [1.807, 2.05) is 0 Å². The lowest BCUT2D eigenvalue weighted by molar-refractivity contribution is -0.165. The van der Waals surface area contributed by atoms with Gasteiger partial charge >= 0.3 is 11.9 Å². The van der Waals surface area contributed by atoms with E-state index < -0.39 is 36.5 Å². The summed E-state index contributed by atoms with van der Waals surface area (Å²) < 4.78 is 18.3. The van der Waals surface area contributed by atoms with Crippen LogP contribution in [0.25, 0.3) is 11.0 Å². The number of ether oxygens (including phenoxy) is 3. The van der Waals surface area contributed by atoms with E-state index in [2.05, 4.69) is 20.9 Å². The van der Waals surface area contributed by atoms with Crippen molar-refractivity contribution in [2.75, 3.05) is 5.33 Å². The molecule has 1 saturated heterocycles. The van der Waals surface area contributed by atoms with Gasteiger partial charge < -0.3 is 14.2 Å². The monoisotopic (exact) mass is 498 g/mol. The van der Waals surface area contributed by atoms with Crippen molar-refractivity contribution >= 4 is 73.7 Å². The van der Waals surface area contributed by atoms with Crippen molar-refractivity contribution in [1.29, 1.82) is 0 Å². The summed E-state index contributed by atoms with van der Waals surface area (Å²) in [6.07, 6.45) is -3.21. The molecule has 11 heteroatoms. The Kier molecular flexibility index (Phi) is 6.22. The minimum atomic E-state index is -0.932. The van der Waals surface area contributed by atoms with Gasteiger partial charge in [-0.3, -0.25) is 14.2 Å². The SMILES string of the molecule is CC(=O)OC1C(CBr)OC(n2c(Cl)nc3cc(Cl)c(Cl)cc32)C1OC(C)=O. The van der Waals surface area contributed by atoms with Crippen LogP contribution >= 0.6 is 50.7 Å². The Balaban J connectivity index is 2.12. The summed E-state index contributed by atoms with van der Waals surface area (Å²) in [5, 5.41) is 1.06. The van der Waals surface area contributed by atoms with Gasteiger partial charge in [-0.1, -0.05) is 39.1 Å². The smallest absolute Gasteiger partial charge is 0.303 e. The summed E-state index contributed by atoms with van der Waals surface area (Å²) in [4.78, 5) is 27.5. The molecule has 1 aromatic heterocycles. The molecule has 2 aromatic rings. The minimum Gasteiger partial charge on any atom is -0.456 e. The highest BCUT2D eigenvalue weighted by Gasteiger charge is 2.50. The van der Waals surface area contributed by atoms with Gasteiger partial charge in [0.15, 0.2) is 18.4 Å². The van der Waals surface area contributed by atoms with Crippen molar-refractivity contribution < 1.29 is 23.8 Å². The van der Waals surface area contributed by atoms with E-state index in [4.69, 9.17) is 49.0 Å². The van der Waals surface area contributed by atoms with Crippen molar-refractivity contribution in [3.63, 3.8) is 0 Å². The number of hydrogen-bond donors (Lipinski definition) is 0. The van der Waals surface area contributed by atoms with Gasteiger partial charge in [-0.2, -0.15) is 0 Å². The topological polar surface area (TPSA) is 79.7 Å². The molecular formula is C16H14BrCl3N2O5. The lowest BCUT2D eigenvalue weighted by atomic mass is 10.1. The van der Waals surface area contributed by atoms with Gasteiger partial charge in [-0.25, -0.2) is 4.98 Å². The largest absolute Gasteiger partial charge is 0.456 e. The fourth-order valence-corrected chi connectivity index (χ4v) is 4.11. The Morgan fingerprint density at radius 1 is 1.15 bits per heavy atom. The number of imidazole rings is 1. The lowest BCUT2D eigenvalue weighted by Gasteiger charge is -2.24. The summed E-state index contributed by atoms with van der Waals surface area (Å²) in [5.74, 6) is -1.08. The molecule has 3 rings (SSSR count). The number of esters is 2. The second kappa shape index (κ2) is 8.13. The van der Waals surface area contributed by atoms with Crippen molar-refractivity contribution in [2.24, 2.45) is 0 Å². The molecule has 0 radical (unpaired) electrons. The number of benzene rings is 1. The van der Waals surface area contributed by atoms with Gasteiger partial charge in [0.25, 0.3) is 0 Å². The normalized spacial score (nSPS) is 25.0. The molecule has 1 aromatic carbocycles. The summed E-state index contributed by atoms with van der Waals surface area (Å²) in [5.41, 5.74) is 1.03. The van der Waals surface area contributed by atoms with E-state index in [0.29, 0.717) is 26.4 Å². The molecule has 1 aliphatic heterocycles. The van der Waals surface area contributed by atoms with Gasteiger partial charge in [-0.15, -0.1) is 0 Å². The van der Waals surface area contributed by atoms with E-state index in [9.17, 15) is 9.59 Å². The Bertz CT molecular complexity index is 906. The second-order valence-electron chi connectivity index (χ2n) is 5.87. The van der Waals surface area contributed by atoms with Crippen LogP contribution in [0, 0.1) is 0 Å². The van der Waals surface area contributed by atoms with Crippen LogP contribution in [0.2, 0.25) is 15.3 Å². The first-order chi connectivity index (χ1) is 12.7. The lowest BCUT2D eigenvalue weighted by Crippen LogP contribution is -2.39. The van der Waals surface area contributed by atoms with Crippen LogP contribution in [0.15, 0.2) is 12.1 Å². The molecule has 0 bridgehead atoms. The second-order valence-corrected chi connectivity index (χ2v) is 7.67. The number of alkyl halides is 1. The van der Waals surface area contributed by atoms with Crippen molar-refractivity contribution in [2.45, 2.75) is 38.4 Å². The molecule has 1 aliphatic rings. The number of hydrogen-bond acceptors (Lipinski definition) is 6. The van der Waals surface area contributed by atoms with Crippen LogP contribution < -0.4 is 0 Å². The van der Waals surface area contributed by atoms with Crippen LogP contribution in [-0.4, -0.2) is 45.1 Å². The zero-order chi connectivity index (χ0) is 19.9. The standard InChI is InChI=1S/C16H14BrCl3N2O5/c1-6(23)25-13-12(5-17)27-15(14(13)26-7(2)24)22-11-4-9(19)8(18)3-10(11)21-16(22)20/h3-4,12-15H,5H2,1-2H3. The number of nitrogens with zero attached hydrogens (tertiary/aromatic N) is 2. The Hall–Kier alpha value is -1.06. The molecule has 0 N–H and O–H groups in total. The molecule has 146 valence electrons. The zero-order valence-corrected chi connectivity index (χ0v) is 18.0. The molecule has 0 saturated carbocycles. The van der Waals surface area contributed by atoms with Crippen LogP contribution in [0.4, 0.5) is 0 Å². The van der Waals surface area contributed by atoms with Crippen LogP contribution in [0.5, 0.6) is 0 Å². The molecule has 0 aliphatic carbocycles. The third kappa shape index (κ3) is 4.05. The number of rotatable bonds is 4. The first-order valence-corrected chi connectivity index (χ1v) is 10.1. The first-order valence-electron chi connectivity index (χ1n) is 7.81. The maximum Gasteiger partial charge on any atom is 0.303 e. The fraction of sp³-hybridized carbons (Fsp3) is 0.438. The van der Waals surface area contributed by atoms with E-state index in [0.717, 1.165) is 0 Å². The summed E-state index contributed by atoms with van der Waals surface area (Å²) in [6, 6.07) is 3.16. The van der Waals surface area contributed by atoms with E-state index in [1.165, 1.54) is 18.4 Å². The number of aromatic nitrogens is 2. The van der Waals surface area contributed by atoms with Gasteiger partial charge in [0.05, 0.1) is 21.1 Å². The van der Waals surface area contributed by atoms with Crippen LogP contribution in [-0.2, 0) is 23.8 Å². The van der Waals surface area contributed by atoms with Gasteiger partial charge in [0.2, 0.25) is 5.28 Å². The van der Waals surface area contributed by atoms with Gasteiger partial charge in [0, 0.05) is 19.2 Å². The van der Waals surface area contributed by atoms with Gasteiger partial charge in [0.1, 0.15) is 6.10 Å². The average molecular weight is 501 g/mol. The summed E-state index contributed by atoms with van der Waals surface area (Å²) in [6.45, 7) is 2.53. The number of halogens is 4. The van der Waals surface area contributed by atoms with Crippen LogP contribution in [0.3, 0.4) is 0 Å². The predicted octanol–water partition coefficient (Wildman–Crippen LogP) is 4.15. The molecule has 0 spiro atoms. The highest BCUT2D eigenvalue weighted by atomic mass is 79.9. The Morgan fingerprint density at radius 2 is 1.74 bits per heavy atom. The van der Waals surface area contributed by atoms with Gasteiger partial charge in [-0.05, 0) is 23.7 Å². The number of fused-ring (bicyclic) bond motifs is 1. The summed E-state index contributed by atoms with van der Waals surface area (Å²) >= 11 is 21.8. The molecule has 7 nitrogen and oxygen atoms in total. The average Bonchev–Trinajstić information content (AvgIpc) is 3.04. The van der Waals surface area contributed by atoms with Crippen molar-refractivity contribution in [3.05, 3.63) is 27.5 Å².